The molecule has 15 heavy (non-hydrogen) atoms. The van der Waals surface area contributed by atoms with Gasteiger partial charge in [0.25, 0.3) is 0 Å². The quantitative estimate of drug-likeness (QED) is 0.810. The summed E-state index contributed by atoms with van der Waals surface area (Å²) in [5.74, 6) is 0.387. The Balaban J connectivity index is 2.26. The van der Waals surface area contributed by atoms with Crippen molar-refractivity contribution in [3.8, 4) is 0 Å². The zero-order chi connectivity index (χ0) is 11.4. The molecular weight excluding hydrogens is 204 g/mol. The van der Waals surface area contributed by atoms with Gasteiger partial charge in [-0.15, -0.1) is 11.3 Å². The molecule has 1 heterocycles. The first-order valence-corrected chi connectivity index (χ1v) is 6.40. The van der Waals surface area contributed by atoms with Crippen LogP contribution in [0.3, 0.4) is 0 Å². The Kier molecular flexibility index (Phi) is 2.29. The molecule has 1 aromatic heterocycles. The molecule has 0 saturated heterocycles. The van der Waals surface area contributed by atoms with Crippen molar-refractivity contribution >= 4 is 11.3 Å². The second-order valence-electron chi connectivity index (χ2n) is 5.80. The van der Waals surface area contributed by atoms with E-state index in [9.17, 15) is 5.11 Å². The van der Waals surface area contributed by atoms with Gasteiger partial charge in [-0.05, 0) is 34.8 Å². The lowest BCUT2D eigenvalue weighted by Crippen LogP contribution is -2.05. The van der Waals surface area contributed by atoms with Crippen molar-refractivity contribution < 1.29 is 5.11 Å². The number of aryl methyl sites for hydroxylation is 1. The van der Waals surface area contributed by atoms with Gasteiger partial charge in [-0.25, -0.2) is 0 Å². The first-order chi connectivity index (χ1) is 6.80. The highest BCUT2D eigenvalue weighted by atomic mass is 32.1. The van der Waals surface area contributed by atoms with E-state index < -0.39 is 0 Å². The Hall–Kier alpha value is -0.340. The van der Waals surface area contributed by atoms with Gasteiger partial charge in [0.15, 0.2) is 0 Å². The molecule has 0 bridgehead atoms. The van der Waals surface area contributed by atoms with Crippen LogP contribution in [-0.2, 0) is 0 Å². The fourth-order valence-corrected chi connectivity index (χ4v) is 3.66. The summed E-state index contributed by atoms with van der Waals surface area (Å²) in [4.78, 5) is 1.25. The summed E-state index contributed by atoms with van der Waals surface area (Å²) < 4.78 is 0. The molecule has 1 N–H and O–H groups in total. The van der Waals surface area contributed by atoms with E-state index in [4.69, 9.17) is 0 Å². The average Bonchev–Trinajstić information content (AvgIpc) is 2.48. The van der Waals surface area contributed by atoms with Crippen LogP contribution in [0.1, 0.15) is 44.2 Å². The summed E-state index contributed by atoms with van der Waals surface area (Å²) in [6.07, 6.45) is -0.291. The monoisotopic (exact) mass is 224 g/mol. The van der Waals surface area contributed by atoms with E-state index in [2.05, 4.69) is 46.1 Å². The Bertz CT molecular complexity index is 362. The zero-order valence-corrected chi connectivity index (χ0v) is 11.0. The minimum atomic E-state index is -0.291. The molecule has 0 amide bonds. The molecule has 1 unspecified atom stereocenters. The maximum absolute atomic E-state index is 10.4. The molecule has 84 valence electrons. The topological polar surface area (TPSA) is 20.2 Å². The molecule has 1 aromatic rings. The van der Waals surface area contributed by atoms with Gasteiger partial charge in [-0.3, -0.25) is 0 Å². The number of hydrogen-bond acceptors (Lipinski definition) is 2. The number of aliphatic hydroxyl groups excluding tert-OH is 1. The predicted octanol–water partition coefficient (Wildman–Crippen LogP) is 3.77. The third kappa shape index (κ3) is 1.38. The van der Waals surface area contributed by atoms with Crippen LogP contribution in [0.4, 0.5) is 0 Å². The van der Waals surface area contributed by atoms with Crippen molar-refractivity contribution in [3.05, 3.63) is 21.9 Å². The van der Waals surface area contributed by atoms with E-state index in [0.717, 1.165) is 5.56 Å². The molecule has 0 radical (unpaired) electrons. The van der Waals surface area contributed by atoms with Crippen LogP contribution in [0.15, 0.2) is 11.4 Å². The largest absolute Gasteiger partial charge is 0.388 e. The van der Waals surface area contributed by atoms with Crippen LogP contribution in [-0.4, -0.2) is 5.11 Å². The van der Waals surface area contributed by atoms with Crippen LogP contribution in [0.25, 0.3) is 0 Å². The van der Waals surface area contributed by atoms with E-state index in [1.165, 1.54) is 4.88 Å². The van der Waals surface area contributed by atoms with Crippen molar-refractivity contribution in [2.45, 2.75) is 40.7 Å². The molecule has 0 spiro atoms. The van der Waals surface area contributed by atoms with Crippen molar-refractivity contribution in [1.29, 1.82) is 0 Å². The Morgan fingerprint density at radius 2 is 1.80 bits per heavy atom. The van der Waals surface area contributed by atoms with E-state index >= 15 is 0 Å². The Morgan fingerprint density at radius 3 is 2.13 bits per heavy atom. The molecule has 1 aliphatic rings. The van der Waals surface area contributed by atoms with E-state index in [1.54, 1.807) is 11.3 Å². The summed E-state index contributed by atoms with van der Waals surface area (Å²) in [5.41, 5.74) is 1.63. The number of hydrogen-bond donors (Lipinski definition) is 1. The van der Waals surface area contributed by atoms with Crippen LogP contribution in [0.2, 0.25) is 0 Å². The summed E-state index contributed by atoms with van der Waals surface area (Å²) >= 11 is 1.72. The molecule has 1 atom stereocenters. The van der Waals surface area contributed by atoms with Gasteiger partial charge in [-0.2, -0.15) is 0 Å². The number of rotatable bonds is 2. The van der Waals surface area contributed by atoms with Crippen molar-refractivity contribution in [3.63, 3.8) is 0 Å². The highest BCUT2D eigenvalue weighted by molar-refractivity contribution is 7.10. The summed E-state index contributed by atoms with van der Waals surface area (Å²) in [6, 6.07) is 2.06. The maximum atomic E-state index is 10.4. The van der Waals surface area contributed by atoms with Gasteiger partial charge in [-0.1, -0.05) is 27.7 Å². The molecule has 2 rings (SSSR count). The minimum Gasteiger partial charge on any atom is -0.388 e. The van der Waals surface area contributed by atoms with Gasteiger partial charge in [0, 0.05) is 10.8 Å². The van der Waals surface area contributed by atoms with Gasteiger partial charge < -0.3 is 5.11 Å². The zero-order valence-electron chi connectivity index (χ0n) is 10.2. The molecule has 1 saturated carbocycles. The number of aliphatic hydroxyl groups is 1. The van der Waals surface area contributed by atoms with E-state index in [-0.39, 0.29) is 16.9 Å². The summed E-state index contributed by atoms with van der Waals surface area (Å²) in [6.45, 7) is 11.1. The highest BCUT2D eigenvalue weighted by Crippen LogP contribution is 2.72. The van der Waals surface area contributed by atoms with E-state index in [0.29, 0.717) is 5.92 Å². The lowest BCUT2D eigenvalue weighted by Gasteiger charge is -2.12. The van der Waals surface area contributed by atoms with Crippen molar-refractivity contribution in [2.24, 2.45) is 16.7 Å². The lowest BCUT2D eigenvalue weighted by atomic mass is 10.0. The fraction of sp³-hybridized carbons (Fsp3) is 0.692. The van der Waals surface area contributed by atoms with Crippen molar-refractivity contribution in [1.82, 2.24) is 0 Å². The first kappa shape index (κ1) is 11.2. The average molecular weight is 224 g/mol. The Labute approximate surface area is 96.1 Å². The third-order valence-corrected chi connectivity index (χ3v) is 5.53. The van der Waals surface area contributed by atoms with Gasteiger partial charge in [0.05, 0.1) is 6.10 Å². The minimum absolute atomic E-state index is 0.251. The van der Waals surface area contributed by atoms with Gasteiger partial charge >= 0.3 is 0 Å². The third-order valence-electron chi connectivity index (χ3n) is 4.67. The van der Waals surface area contributed by atoms with Crippen molar-refractivity contribution in [2.75, 3.05) is 0 Å². The van der Waals surface area contributed by atoms with E-state index in [1.807, 2.05) is 0 Å². The molecule has 1 nitrogen and oxygen atoms in total. The molecule has 1 fully saturated rings. The van der Waals surface area contributed by atoms with Crippen LogP contribution in [0.5, 0.6) is 0 Å². The maximum Gasteiger partial charge on any atom is 0.0839 e. The lowest BCUT2D eigenvalue weighted by molar-refractivity contribution is 0.130. The highest BCUT2D eigenvalue weighted by Gasteiger charge is 2.67. The van der Waals surface area contributed by atoms with Crippen LogP contribution in [0, 0.1) is 23.7 Å². The Morgan fingerprint density at radius 1 is 1.27 bits per heavy atom. The molecular formula is C13H20OS. The summed E-state index contributed by atoms with van der Waals surface area (Å²) in [5, 5.41) is 12.5. The summed E-state index contributed by atoms with van der Waals surface area (Å²) in [7, 11) is 0. The normalized spacial score (nSPS) is 25.2. The van der Waals surface area contributed by atoms with Gasteiger partial charge in [0.1, 0.15) is 0 Å². The number of thiophene rings is 1. The van der Waals surface area contributed by atoms with Gasteiger partial charge in [0.2, 0.25) is 0 Å². The van der Waals surface area contributed by atoms with Crippen LogP contribution < -0.4 is 0 Å². The second kappa shape index (κ2) is 3.08. The first-order valence-electron chi connectivity index (χ1n) is 5.52. The predicted molar refractivity (Wildman–Crippen MR) is 65.1 cm³/mol. The molecule has 1 aliphatic carbocycles. The molecule has 0 aromatic carbocycles. The fourth-order valence-electron chi connectivity index (χ4n) is 2.92. The standard InChI is InChI=1S/C13H20OS/c1-8-9(6-7-15-8)10(14)11-12(2,3)13(11,4)5/h6-7,10-11,14H,1-5H3. The second-order valence-corrected chi connectivity index (χ2v) is 6.92. The molecule has 0 aliphatic heterocycles. The molecule has 2 heteroatoms. The SMILES string of the molecule is Cc1sccc1C(O)C1C(C)(C)C1(C)C. The van der Waals surface area contributed by atoms with Crippen LogP contribution >= 0.6 is 11.3 Å². The smallest absolute Gasteiger partial charge is 0.0839 e.